The number of azide groups is 1. The van der Waals surface area contributed by atoms with Crippen LogP contribution in [0.2, 0.25) is 0 Å². The van der Waals surface area contributed by atoms with Crippen LogP contribution in [0.4, 0.5) is 0 Å². The monoisotopic (exact) mass is 432 g/mol. The molecule has 27 heavy (non-hydrogen) atoms. The molecule has 0 aliphatic carbocycles. The van der Waals surface area contributed by atoms with Gasteiger partial charge in [0.1, 0.15) is 6.61 Å². The highest BCUT2D eigenvalue weighted by atomic mass is 79.9. The molecule has 1 aromatic carbocycles. The molecule has 0 spiro atoms. The maximum atomic E-state index is 8.11. The fraction of sp³-hybridized carbons (Fsp3) is 0.316. The van der Waals surface area contributed by atoms with Crippen LogP contribution >= 0.6 is 15.9 Å². The van der Waals surface area contributed by atoms with Crippen LogP contribution < -0.4 is 4.74 Å². The maximum absolute atomic E-state index is 8.11. The average Bonchev–Trinajstić information content (AvgIpc) is 2.70. The van der Waals surface area contributed by atoms with E-state index in [1.807, 2.05) is 48.6 Å². The molecule has 7 nitrogen and oxygen atoms in total. The quantitative estimate of drug-likeness (QED) is 0.209. The third-order valence-electron chi connectivity index (χ3n) is 3.35. The van der Waals surface area contributed by atoms with Crippen LogP contribution in [0.1, 0.15) is 11.1 Å². The summed E-state index contributed by atoms with van der Waals surface area (Å²) in [6.45, 7) is 2.52. The smallest absolute Gasteiger partial charge is 0.213 e. The molecule has 0 saturated heterocycles. The first-order valence-corrected chi connectivity index (χ1v) is 9.26. The molecule has 142 valence electrons. The van der Waals surface area contributed by atoms with Gasteiger partial charge in [-0.3, -0.25) is 0 Å². The Morgan fingerprint density at radius 1 is 0.926 bits per heavy atom. The normalized spacial score (nSPS) is 10.7. The van der Waals surface area contributed by atoms with Crippen molar-refractivity contribution in [2.75, 3.05) is 39.6 Å². The zero-order chi connectivity index (χ0) is 19.2. The molecule has 2 rings (SSSR count). The standard InChI is InChI=1S/C19H21BrN4O3/c20-18-6-3-16(4-7-18)1-2-17-5-8-19(22-15-17)27-14-13-26-12-11-25-10-9-23-24-21/h1-8,15H,9-14H2/b2-1+. The highest BCUT2D eigenvalue weighted by Crippen LogP contribution is 2.14. The van der Waals surface area contributed by atoms with Crippen molar-refractivity contribution in [1.29, 1.82) is 0 Å². The van der Waals surface area contributed by atoms with E-state index in [0.717, 1.165) is 15.6 Å². The molecule has 0 saturated carbocycles. The molecular weight excluding hydrogens is 412 g/mol. The second kappa shape index (κ2) is 12.9. The summed E-state index contributed by atoms with van der Waals surface area (Å²) in [7, 11) is 0. The van der Waals surface area contributed by atoms with E-state index in [9.17, 15) is 0 Å². The number of ether oxygens (including phenoxy) is 3. The van der Waals surface area contributed by atoms with Gasteiger partial charge in [-0.1, -0.05) is 45.3 Å². The SMILES string of the molecule is [N-]=[N+]=NCCOCCOCCOc1ccc(/C=C/c2ccc(Br)cc2)cn1. The van der Waals surface area contributed by atoms with Crippen LogP contribution in [0.5, 0.6) is 5.88 Å². The Hall–Kier alpha value is -2.38. The zero-order valence-electron chi connectivity index (χ0n) is 14.8. The van der Waals surface area contributed by atoms with Crippen molar-refractivity contribution in [1.82, 2.24) is 4.98 Å². The van der Waals surface area contributed by atoms with Crippen LogP contribution in [0.15, 0.2) is 52.2 Å². The molecule has 0 amide bonds. The van der Waals surface area contributed by atoms with E-state index in [1.54, 1.807) is 6.20 Å². The molecule has 0 fully saturated rings. The molecule has 8 heteroatoms. The van der Waals surface area contributed by atoms with Crippen molar-refractivity contribution in [2.45, 2.75) is 0 Å². The lowest BCUT2D eigenvalue weighted by molar-refractivity contribution is 0.0383. The van der Waals surface area contributed by atoms with Gasteiger partial charge in [-0.15, -0.1) is 0 Å². The van der Waals surface area contributed by atoms with Gasteiger partial charge in [0, 0.05) is 28.2 Å². The summed E-state index contributed by atoms with van der Waals surface area (Å²) in [5.41, 5.74) is 10.2. The van der Waals surface area contributed by atoms with Gasteiger partial charge in [0.25, 0.3) is 0 Å². The van der Waals surface area contributed by atoms with E-state index in [4.69, 9.17) is 19.7 Å². The molecule has 0 radical (unpaired) electrons. The summed E-state index contributed by atoms with van der Waals surface area (Å²) < 4.78 is 17.2. The lowest BCUT2D eigenvalue weighted by Gasteiger charge is -2.07. The number of nitrogens with zero attached hydrogens (tertiary/aromatic N) is 4. The molecule has 0 aliphatic rings. The van der Waals surface area contributed by atoms with Crippen molar-refractivity contribution in [2.24, 2.45) is 5.11 Å². The zero-order valence-corrected chi connectivity index (χ0v) is 16.4. The van der Waals surface area contributed by atoms with Crippen molar-refractivity contribution in [3.8, 4) is 5.88 Å². The Bertz CT molecular complexity index is 745. The van der Waals surface area contributed by atoms with E-state index in [-0.39, 0.29) is 0 Å². The van der Waals surface area contributed by atoms with E-state index < -0.39 is 0 Å². The minimum atomic E-state index is 0.333. The number of aromatic nitrogens is 1. The van der Waals surface area contributed by atoms with Crippen molar-refractivity contribution >= 4 is 28.1 Å². The van der Waals surface area contributed by atoms with Gasteiger partial charge in [-0.05, 0) is 34.9 Å². The number of pyridine rings is 1. The third-order valence-corrected chi connectivity index (χ3v) is 3.87. The highest BCUT2D eigenvalue weighted by molar-refractivity contribution is 9.10. The van der Waals surface area contributed by atoms with E-state index in [0.29, 0.717) is 45.5 Å². The van der Waals surface area contributed by atoms with Gasteiger partial charge < -0.3 is 14.2 Å². The molecular formula is C19H21BrN4O3. The molecule has 1 aromatic heterocycles. The second-order valence-electron chi connectivity index (χ2n) is 5.34. The van der Waals surface area contributed by atoms with Crippen LogP contribution in [-0.2, 0) is 9.47 Å². The molecule has 0 aliphatic heterocycles. The molecule has 0 bridgehead atoms. The predicted molar refractivity (Wildman–Crippen MR) is 108 cm³/mol. The van der Waals surface area contributed by atoms with Crippen molar-refractivity contribution in [3.63, 3.8) is 0 Å². The highest BCUT2D eigenvalue weighted by Gasteiger charge is 1.96. The fourth-order valence-corrected chi connectivity index (χ4v) is 2.28. The number of hydrogen-bond donors (Lipinski definition) is 0. The molecule has 1 heterocycles. The molecule has 0 atom stereocenters. The van der Waals surface area contributed by atoms with Gasteiger partial charge in [-0.25, -0.2) is 4.98 Å². The van der Waals surface area contributed by atoms with Crippen LogP contribution in [-0.4, -0.2) is 44.6 Å². The topological polar surface area (TPSA) is 89.3 Å². The number of hydrogen-bond acceptors (Lipinski definition) is 5. The van der Waals surface area contributed by atoms with Crippen LogP contribution in [0, 0.1) is 0 Å². The lowest BCUT2D eigenvalue weighted by atomic mass is 10.2. The molecule has 0 unspecified atom stereocenters. The van der Waals surface area contributed by atoms with Gasteiger partial charge in [0.15, 0.2) is 0 Å². The lowest BCUT2D eigenvalue weighted by Crippen LogP contribution is -2.12. The summed E-state index contributed by atoms with van der Waals surface area (Å²) >= 11 is 3.42. The van der Waals surface area contributed by atoms with E-state index in [1.165, 1.54) is 0 Å². The van der Waals surface area contributed by atoms with Crippen molar-refractivity contribution < 1.29 is 14.2 Å². The van der Waals surface area contributed by atoms with Crippen LogP contribution in [0.25, 0.3) is 22.6 Å². The number of halogens is 1. The van der Waals surface area contributed by atoms with E-state index in [2.05, 4.69) is 30.9 Å². The third kappa shape index (κ3) is 9.21. The summed E-state index contributed by atoms with van der Waals surface area (Å²) in [5.74, 6) is 0.560. The fourth-order valence-electron chi connectivity index (χ4n) is 2.02. The number of rotatable bonds is 12. The van der Waals surface area contributed by atoms with Crippen molar-refractivity contribution in [3.05, 3.63) is 68.6 Å². The first-order valence-electron chi connectivity index (χ1n) is 8.47. The maximum Gasteiger partial charge on any atom is 0.213 e. The van der Waals surface area contributed by atoms with Gasteiger partial charge in [0.2, 0.25) is 5.88 Å². The Morgan fingerprint density at radius 2 is 1.59 bits per heavy atom. The summed E-state index contributed by atoms with van der Waals surface area (Å²) in [5, 5.41) is 3.37. The summed E-state index contributed by atoms with van der Waals surface area (Å²) in [4.78, 5) is 6.92. The predicted octanol–water partition coefficient (Wildman–Crippen LogP) is 4.74. The Labute approximate surface area is 166 Å². The Morgan fingerprint density at radius 3 is 2.30 bits per heavy atom. The van der Waals surface area contributed by atoms with E-state index >= 15 is 0 Å². The largest absolute Gasteiger partial charge is 0.475 e. The average molecular weight is 433 g/mol. The first-order chi connectivity index (χ1) is 13.3. The second-order valence-corrected chi connectivity index (χ2v) is 6.26. The first kappa shape index (κ1) is 20.9. The summed E-state index contributed by atoms with van der Waals surface area (Å²) in [6.07, 6.45) is 5.81. The Balaban J connectivity index is 1.60. The minimum absolute atomic E-state index is 0.333. The van der Waals surface area contributed by atoms with Gasteiger partial charge in [0.05, 0.1) is 26.4 Å². The molecule has 2 aromatic rings. The molecule has 0 N–H and O–H groups in total. The Kier molecular flexibility index (Phi) is 9.99. The number of benzene rings is 1. The minimum Gasteiger partial charge on any atom is -0.475 e. The van der Waals surface area contributed by atoms with Crippen LogP contribution in [0.3, 0.4) is 0 Å². The summed E-state index contributed by atoms with van der Waals surface area (Å²) in [6, 6.07) is 11.9. The van der Waals surface area contributed by atoms with Gasteiger partial charge in [-0.2, -0.15) is 0 Å². The van der Waals surface area contributed by atoms with Gasteiger partial charge >= 0.3 is 0 Å².